The predicted molar refractivity (Wildman–Crippen MR) is 122 cm³/mol. The molecule has 2 aromatic rings. The number of rotatable bonds is 13. The summed E-state index contributed by atoms with van der Waals surface area (Å²) < 4.78 is 36.1. The normalized spacial score (nSPS) is 10.7. The van der Waals surface area contributed by atoms with Gasteiger partial charge in [-0.2, -0.15) is 0 Å². The maximum atomic E-state index is 6.11. The van der Waals surface area contributed by atoms with Crippen molar-refractivity contribution in [3.05, 3.63) is 24.3 Å². The van der Waals surface area contributed by atoms with E-state index < -0.39 is 0 Å². The van der Waals surface area contributed by atoms with E-state index in [2.05, 4.69) is 6.07 Å². The van der Waals surface area contributed by atoms with E-state index in [1.165, 1.54) is 0 Å². The molecule has 0 aliphatic carbocycles. The highest BCUT2D eigenvalue weighted by molar-refractivity contribution is 5.87. The van der Waals surface area contributed by atoms with Crippen LogP contribution < -0.4 is 28.4 Å². The van der Waals surface area contributed by atoms with Gasteiger partial charge < -0.3 is 28.4 Å². The van der Waals surface area contributed by atoms with Gasteiger partial charge in [0, 0.05) is 6.07 Å². The fourth-order valence-corrected chi connectivity index (χ4v) is 3.21. The molecule has 6 nitrogen and oxygen atoms in total. The zero-order valence-electron chi connectivity index (χ0n) is 19.8. The van der Waals surface area contributed by atoms with Crippen molar-refractivity contribution in [3.63, 3.8) is 0 Å². The Hall–Kier alpha value is -2.76. The Bertz CT molecular complexity index is 794. The summed E-state index contributed by atoms with van der Waals surface area (Å²) in [5, 5.41) is 0. The van der Waals surface area contributed by atoms with Gasteiger partial charge in [-0.15, -0.1) is 0 Å². The first-order valence-corrected chi connectivity index (χ1v) is 11.1. The molecule has 0 aliphatic rings. The van der Waals surface area contributed by atoms with Gasteiger partial charge in [-0.25, -0.2) is 0 Å². The zero-order valence-corrected chi connectivity index (χ0v) is 19.8. The SMILES string of the molecule is CCOc1c(OCC)c(OCC)c(-c2cc[c]c(OC(C)C)c2)c(OCC)c1OCC. The van der Waals surface area contributed by atoms with Crippen LogP contribution in [0.3, 0.4) is 0 Å². The van der Waals surface area contributed by atoms with Gasteiger partial charge in [-0.1, -0.05) is 6.07 Å². The second-order valence-electron chi connectivity index (χ2n) is 6.79. The molecule has 2 rings (SSSR count). The molecule has 0 aromatic heterocycles. The van der Waals surface area contributed by atoms with Gasteiger partial charge in [0.2, 0.25) is 17.2 Å². The molecule has 1 radical (unpaired) electrons. The summed E-state index contributed by atoms with van der Waals surface area (Å²) in [6, 6.07) is 8.83. The smallest absolute Gasteiger partial charge is 0.211 e. The lowest BCUT2D eigenvalue weighted by Crippen LogP contribution is -2.09. The molecule has 0 bridgehead atoms. The molecule has 0 atom stereocenters. The summed E-state index contributed by atoms with van der Waals surface area (Å²) in [4.78, 5) is 0. The minimum Gasteiger partial charge on any atom is -0.490 e. The summed E-state index contributed by atoms with van der Waals surface area (Å²) in [5.74, 6) is 3.26. The second kappa shape index (κ2) is 12.2. The minimum atomic E-state index is 0.0301. The molecule has 0 amide bonds. The van der Waals surface area contributed by atoms with Crippen molar-refractivity contribution in [3.8, 4) is 45.6 Å². The Balaban J connectivity index is 2.91. The Kier molecular flexibility index (Phi) is 9.63. The van der Waals surface area contributed by atoms with E-state index in [-0.39, 0.29) is 6.10 Å². The van der Waals surface area contributed by atoms with Crippen LogP contribution in [0, 0.1) is 6.07 Å². The Morgan fingerprint density at radius 1 is 0.677 bits per heavy atom. The molecule has 2 aromatic carbocycles. The van der Waals surface area contributed by atoms with Gasteiger partial charge in [-0.3, -0.25) is 0 Å². The number of ether oxygens (including phenoxy) is 6. The Morgan fingerprint density at radius 3 is 1.52 bits per heavy atom. The molecule has 0 N–H and O–H groups in total. The van der Waals surface area contributed by atoms with Crippen LogP contribution in [-0.4, -0.2) is 39.1 Å². The highest BCUT2D eigenvalue weighted by Crippen LogP contribution is 2.57. The van der Waals surface area contributed by atoms with Crippen LogP contribution >= 0.6 is 0 Å². The van der Waals surface area contributed by atoms with E-state index in [9.17, 15) is 0 Å². The molecule has 0 spiro atoms. The largest absolute Gasteiger partial charge is 0.490 e. The van der Waals surface area contributed by atoms with Gasteiger partial charge in [0.1, 0.15) is 5.75 Å². The van der Waals surface area contributed by atoms with Crippen LogP contribution in [0.15, 0.2) is 18.2 Å². The first-order valence-electron chi connectivity index (χ1n) is 11.1. The molecule has 0 saturated carbocycles. The third kappa shape index (κ3) is 5.90. The van der Waals surface area contributed by atoms with Crippen LogP contribution in [-0.2, 0) is 0 Å². The molecular weight excluding hydrogens is 396 g/mol. The van der Waals surface area contributed by atoms with Gasteiger partial charge >= 0.3 is 0 Å². The molecule has 171 valence electrons. The summed E-state index contributed by atoms with van der Waals surface area (Å²) in [7, 11) is 0. The highest BCUT2D eigenvalue weighted by atomic mass is 16.6. The van der Waals surface area contributed by atoms with Crippen LogP contribution in [0.2, 0.25) is 0 Å². The number of hydrogen-bond donors (Lipinski definition) is 0. The minimum absolute atomic E-state index is 0.0301. The zero-order chi connectivity index (χ0) is 22.8. The average Bonchev–Trinajstić information content (AvgIpc) is 2.73. The average molecular weight is 432 g/mol. The highest BCUT2D eigenvalue weighted by Gasteiger charge is 2.31. The lowest BCUT2D eigenvalue weighted by Gasteiger charge is -2.25. The van der Waals surface area contributed by atoms with Crippen molar-refractivity contribution in [1.29, 1.82) is 0 Å². The summed E-state index contributed by atoms with van der Waals surface area (Å²) in [6.45, 7) is 15.8. The Morgan fingerprint density at radius 2 is 1.10 bits per heavy atom. The maximum Gasteiger partial charge on any atom is 0.211 e. The van der Waals surface area contributed by atoms with E-state index in [1.807, 2.05) is 66.7 Å². The van der Waals surface area contributed by atoms with E-state index >= 15 is 0 Å². The molecule has 0 saturated heterocycles. The van der Waals surface area contributed by atoms with Crippen molar-refractivity contribution in [1.82, 2.24) is 0 Å². The van der Waals surface area contributed by atoms with E-state index in [0.29, 0.717) is 67.5 Å². The van der Waals surface area contributed by atoms with Crippen molar-refractivity contribution < 1.29 is 28.4 Å². The molecule has 31 heavy (non-hydrogen) atoms. The standard InChI is InChI=1S/C25H35O6/c1-8-26-21-20(18-14-13-15-19(16-18)31-17(6)7)22(27-9-2)24(29-11-4)25(30-12-5)23(21)28-10-3/h13-14,16-17H,8-12H2,1-7H3. The summed E-state index contributed by atoms with van der Waals surface area (Å²) in [6.07, 6.45) is 0.0301. The topological polar surface area (TPSA) is 55.4 Å². The molecular formula is C25H35O6. The van der Waals surface area contributed by atoms with E-state index in [0.717, 1.165) is 11.1 Å². The molecule has 0 heterocycles. The van der Waals surface area contributed by atoms with Crippen molar-refractivity contribution in [2.24, 2.45) is 0 Å². The van der Waals surface area contributed by atoms with Crippen LogP contribution in [0.5, 0.6) is 34.5 Å². The number of benzene rings is 2. The predicted octanol–water partition coefficient (Wildman–Crippen LogP) is 5.93. The number of hydrogen-bond acceptors (Lipinski definition) is 6. The monoisotopic (exact) mass is 431 g/mol. The molecule has 0 aliphatic heterocycles. The quantitative estimate of drug-likeness (QED) is 0.391. The lowest BCUT2D eigenvalue weighted by atomic mass is 10.0. The molecule has 6 heteroatoms. The maximum absolute atomic E-state index is 6.11. The van der Waals surface area contributed by atoms with Gasteiger partial charge in [0.15, 0.2) is 11.5 Å². The van der Waals surface area contributed by atoms with Crippen LogP contribution in [0.1, 0.15) is 48.5 Å². The first kappa shape index (κ1) is 24.5. The van der Waals surface area contributed by atoms with Gasteiger partial charge in [0.25, 0.3) is 0 Å². The molecule has 0 fully saturated rings. The third-order valence-electron chi connectivity index (χ3n) is 4.15. The fourth-order valence-electron chi connectivity index (χ4n) is 3.21. The van der Waals surface area contributed by atoms with Gasteiger partial charge in [-0.05, 0) is 66.2 Å². The van der Waals surface area contributed by atoms with E-state index in [4.69, 9.17) is 28.4 Å². The summed E-state index contributed by atoms with van der Waals surface area (Å²) >= 11 is 0. The van der Waals surface area contributed by atoms with Crippen molar-refractivity contribution in [2.75, 3.05) is 33.0 Å². The van der Waals surface area contributed by atoms with Gasteiger partial charge in [0.05, 0.1) is 44.7 Å². The molecule has 0 unspecified atom stereocenters. The Labute approximate surface area is 186 Å². The van der Waals surface area contributed by atoms with Crippen LogP contribution in [0.25, 0.3) is 11.1 Å². The summed E-state index contributed by atoms with van der Waals surface area (Å²) in [5.41, 5.74) is 1.59. The van der Waals surface area contributed by atoms with Crippen molar-refractivity contribution in [2.45, 2.75) is 54.6 Å². The van der Waals surface area contributed by atoms with E-state index in [1.54, 1.807) is 0 Å². The fraction of sp³-hybridized carbons (Fsp3) is 0.520. The third-order valence-corrected chi connectivity index (χ3v) is 4.15. The lowest BCUT2D eigenvalue weighted by molar-refractivity contribution is 0.232. The first-order chi connectivity index (χ1) is 15.0. The van der Waals surface area contributed by atoms with Crippen LogP contribution in [0.4, 0.5) is 0 Å². The van der Waals surface area contributed by atoms with Crippen molar-refractivity contribution >= 4 is 0 Å². The second-order valence-corrected chi connectivity index (χ2v) is 6.79.